The van der Waals surface area contributed by atoms with Crippen LogP contribution in [0.2, 0.25) is 0 Å². The van der Waals surface area contributed by atoms with Crippen LogP contribution >= 0.6 is 11.3 Å². The molecule has 8 heteroatoms. The van der Waals surface area contributed by atoms with Gasteiger partial charge in [-0.05, 0) is 50.1 Å². The van der Waals surface area contributed by atoms with Gasteiger partial charge in [-0.25, -0.2) is 9.97 Å². The predicted octanol–water partition coefficient (Wildman–Crippen LogP) is 3.71. The molecule has 0 spiro atoms. The monoisotopic (exact) mass is 394 g/mol. The van der Waals surface area contributed by atoms with E-state index in [1.165, 1.54) is 22.5 Å². The Morgan fingerprint density at radius 1 is 1.25 bits per heavy atom. The fourth-order valence-corrected chi connectivity index (χ4v) is 3.88. The van der Waals surface area contributed by atoms with Crippen LogP contribution in [0.15, 0.2) is 36.1 Å². The molecule has 0 saturated heterocycles. The largest absolute Gasteiger partial charge is 0.331 e. The summed E-state index contributed by atoms with van der Waals surface area (Å²) in [4.78, 5) is 23.2. The highest BCUT2D eigenvalue weighted by molar-refractivity contribution is 7.09. The molecule has 4 aromatic rings. The zero-order valence-electron chi connectivity index (χ0n) is 16.3. The maximum absolute atomic E-state index is 12.8. The highest BCUT2D eigenvalue weighted by Crippen LogP contribution is 2.23. The number of fused-ring (bicyclic) bond motifs is 1. The van der Waals surface area contributed by atoms with Crippen molar-refractivity contribution in [3.8, 4) is 0 Å². The van der Waals surface area contributed by atoms with Crippen molar-refractivity contribution in [1.82, 2.24) is 29.6 Å². The Bertz CT molecular complexity index is 1130. The number of carbonyl (C=O) groups is 1. The second-order valence-corrected chi connectivity index (χ2v) is 7.96. The number of hydrogen-bond donors (Lipinski definition) is 1. The Labute approximate surface area is 167 Å². The molecule has 0 saturated carbocycles. The van der Waals surface area contributed by atoms with Gasteiger partial charge in [-0.15, -0.1) is 11.3 Å². The number of carbonyl (C=O) groups excluding carboxylic acids is 1. The number of imidazole rings is 1. The van der Waals surface area contributed by atoms with Crippen LogP contribution in [0.25, 0.3) is 11.0 Å². The summed E-state index contributed by atoms with van der Waals surface area (Å²) >= 11 is 1.54. The molecule has 0 fully saturated rings. The van der Waals surface area contributed by atoms with Gasteiger partial charge in [0.2, 0.25) is 0 Å². The van der Waals surface area contributed by atoms with Gasteiger partial charge < -0.3 is 9.47 Å². The van der Waals surface area contributed by atoms with Crippen LogP contribution in [0.5, 0.6) is 0 Å². The summed E-state index contributed by atoms with van der Waals surface area (Å²) in [5.41, 5.74) is 5.75. The Hall–Kier alpha value is -3.00. The summed E-state index contributed by atoms with van der Waals surface area (Å²) in [6, 6.07) is 5.94. The Balaban J connectivity index is 1.53. The first-order chi connectivity index (χ1) is 13.4. The maximum Gasteiger partial charge on any atom is 0.274 e. The first kappa shape index (κ1) is 18.4. The quantitative estimate of drug-likeness (QED) is 0.559. The van der Waals surface area contributed by atoms with Crippen LogP contribution in [-0.4, -0.2) is 42.6 Å². The number of aryl methyl sites for hydroxylation is 2. The number of rotatable bonds is 5. The van der Waals surface area contributed by atoms with E-state index in [4.69, 9.17) is 0 Å². The normalized spacial score (nSPS) is 12.4. The Morgan fingerprint density at radius 3 is 2.79 bits per heavy atom. The van der Waals surface area contributed by atoms with Crippen molar-refractivity contribution in [3.05, 3.63) is 63.6 Å². The molecule has 4 rings (SSSR count). The van der Waals surface area contributed by atoms with Crippen molar-refractivity contribution in [2.45, 2.75) is 33.4 Å². The van der Waals surface area contributed by atoms with Gasteiger partial charge in [-0.3, -0.25) is 9.89 Å². The van der Waals surface area contributed by atoms with Crippen molar-refractivity contribution in [2.75, 3.05) is 7.05 Å². The zero-order valence-corrected chi connectivity index (χ0v) is 17.1. The summed E-state index contributed by atoms with van der Waals surface area (Å²) in [5.74, 6) is -0.132. The standard InChI is InChI=1S/C20H22N6OS/c1-12-7-16-18(8-13(12)2)26(11-22-16)10-15-9-17(24-23-15)20(27)25(4)14(3)19-21-5-6-28-19/h5-9,11,14H,10H2,1-4H3,(H,23,24)/t14-/m1/s1. The SMILES string of the molecule is Cc1cc2ncn(Cc3cc(C(=O)N(C)[C@H](C)c4nccs4)n[nH]3)c2cc1C. The number of nitrogens with one attached hydrogen (secondary N) is 1. The third kappa shape index (κ3) is 3.31. The molecule has 0 aliphatic heterocycles. The van der Waals surface area contributed by atoms with E-state index < -0.39 is 0 Å². The van der Waals surface area contributed by atoms with Gasteiger partial charge >= 0.3 is 0 Å². The lowest BCUT2D eigenvalue weighted by atomic mass is 10.1. The van der Waals surface area contributed by atoms with Crippen LogP contribution in [0.4, 0.5) is 0 Å². The van der Waals surface area contributed by atoms with E-state index in [2.05, 4.69) is 50.7 Å². The molecule has 3 aromatic heterocycles. The van der Waals surface area contributed by atoms with Crippen molar-refractivity contribution in [1.29, 1.82) is 0 Å². The van der Waals surface area contributed by atoms with Gasteiger partial charge in [0.25, 0.3) is 5.91 Å². The minimum absolute atomic E-state index is 0.101. The van der Waals surface area contributed by atoms with Crippen LogP contribution in [0, 0.1) is 13.8 Å². The summed E-state index contributed by atoms with van der Waals surface area (Å²) in [5, 5.41) is 10.0. The minimum Gasteiger partial charge on any atom is -0.331 e. The Kier molecular flexibility index (Phi) is 4.72. The van der Waals surface area contributed by atoms with Gasteiger partial charge in [0, 0.05) is 18.6 Å². The lowest BCUT2D eigenvalue weighted by Gasteiger charge is -2.22. The number of hydrogen-bond acceptors (Lipinski definition) is 5. The van der Waals surface area contributed by atoms with Crippen LogP contribution in [-0.2, 0) is 6.54 Å². The molecule has 0 aliphatic rings. The number of nitrogens with zero attached hydrogens (tertiary/aromatic N) is 5. The summed E-state index contributed by atoms with van der Waals surface area (Å²) in [7, 11) is 1.78. The third-order valence-electron chi connectivity index (χ3n) is 5.14. The second-order valence-electron chi connectivity index (χ2n) is 7.04. The molecular formula is C20H22N6OS. The van der Waals surface area contributed by atoms with Crippen LogP contribution < -0.4 is 0 Å². The fourth-order valence-electron chi connectivity index (χ4n) is 3.14. The van der Waals surface area contributed by atoms with Gasteiger partial charge in [0.1, 0.15) is 10.7 Å². The molecule has 0 radical (unpaired) electrons. The van der Waals surface area contributed by atoms with Gasteiger partial charge in [0.05, 0.1) is 35.6 Å². The van der Waals surface area contributed by atoms with E-state index in [9.17, 15) is 4.79 Å². The number of amides is 1. The van der Waals surface area contributed by atoms with Crippen LogP contribution in [0.3, 0.4) is 0 Å². The smallest absolute Gasteiger partial charge is 0.274 e. The molecule has 1 atom stereocenters. The summed E-state index contributed by atoms with van der Waals surface area (Å²) in [6.07, 6.45) is 3.57. The molecule has 0 unspecified atom stereocenters. The van der Waals surface area contributed by atoms with E-state index in [0.717, 1.165) is 21.7 Å². The number of benzene rings is 1. The van der Waals surface area contributed by atoms with Gasteiger partial charge in [-0.2, -0.15) is 5.10 Å². The lowest BCUT2D eigenvalue weighted by molar-refractivity contribution is 0.0736. The molecule has 28 heavy (non-hydrogen) atoms. The molecule has 3 heterocycles. The molecule has 1 aromatic carbocycles. The molecule has 144 valence electrons. The van der Waals surface area contributed by atoms with Crippen molar-refractivity contribution >= 4 is 28.3 Å². The molecule has 0 aliphatic carbocycles. The third-order valence-corrected chi connectivity index (χ3v) is 6.08. The highest BCUT2D eigenvalue weighted by atomic mass is 32.1. The summed E-state index contributed by atoms with van der Waals surface area (Å²) < 4.78 is 2.06. The number of aromatic amines is 1. The number of aromatic nitrogens is 5. The first-order valence-corrected chi connectivity index (χ1v) is 9.95. The number of thiazole rings is 1. The number of H-pyrrole nitrogens is 1. The van der Waals surface area contributed by atoms with Crippen molar-refractivity contribution in [3.63, 3.8) is 0 Å². The molecular weight excluding hydrogens is 372 g/mol. The average molecular weight is 395 g/mol. The zero-order chi connectivity index (χ0) is 19.8. The summed E-state index contributed by atoms with van der Waals surface area (Å²) in [6.45, 7) is 6.72. The molecule has 7 nitrogen and oxygen atoms in total. The van der Waals surface area contributed by atoms with Crippen molar-refractivity contribution < 1.29 is 4.79 Å². The second kappa shape index (κ2) is 7.20. The van der Waals surface area contributed by atoms with E-state index in [-0.39, 0.29) is 11.9 Å². The maximum atomic E-state index is 12.8. The first-order valence-electron chi connectivity index (χ1n) is 9.07. The Morgan fingerprint density at radius 2 is 2.04 bits per heavy atom. The highest BCUT2D eigenvalue weighted by Gasteiger charge is 2.22. The molecule has 1 amide bonds. The lowest BCUT2D eigenvalue weighted by Crippen LogP contribution is -2.29. The van der Waals surface area contributed by atoms with E-state index in [1.54, 1.807) is 24.2 Å². The fraction of sp³-hybridized carbons (Fsp3) is 0.300. The van der Waals surface area contributed by atoms with Gasteiger partial charge in [0.15, 0.2) is 0 Å². The minimum atomic E-state index is -0.132. The average Bonchev–Trinajstić information content (AvgIpc) is 3.43. The van der Waals surface area contributed by atoms with Crippen molar-refractivity contribution in [2.24, 2.45) is 0 Å². The van der Waals surface area contributed by atoms with E-state index >= 15 is 0 Å². The van der Waals surface area contributed by atoms with Crippen LogP contribution in [0.1, 0.15) is 45.3 Å². The van der Waals surface area contributed by atoms with E-state index in [0.29, 0.717) is 12.2 Å². The molecule has 1 N–H and O–H groups in total. The predicted molar refractivity (Wildman–Crippen MR) is 110 cm³/mol. The van der Waals surface area contributed by atoms with E-state index in [1.807, 2.05) is 18.6 Å². The molecule has 0 bridgehead atoms. The topological polar surface area (TPSA) is 79.7 Å². The van der Waals surface area contributed by atoms with Gasteiger partial charge in [-0.1, -0.05) is 0 Å².